The zero-order chi connectivity index (χ0) is 24.8. The molecule has 3 rings (SSSR count). The van der Waals surface area contributed by atoms with Gasteiger partial charge in [-0.1, -0.05) is 13.8 Å². The van der Waals surface area contributed by atoms with Crippen molar-refractivity contribution >= 4 is 17.0 Å². The molecule has 2 aliphatic rings. The molecular formula is C24H35N5O4. The molecule has 0 amide bonds. The van der Waals surface area contributed by atoms with Crippen molar-refractivity contribution in [2.75, 3.05) is 13.1 Å². The molecule has 0 saturated heterocycles. The molecule has 2 heterocycles. The lowest BCUT2D eigenvalue weighted by Gasteiger charge is -2.19. The Balaban J connectivity index is 0.00000187. The Kier molecular flexibility index (Phi) is 8.87. The van der Waals surface area contributed by atoms with Crippen molar-refractivity contribution in [2.24, 2.45) is 0 Å². The zero-order valence-corrected chi connectivity index (χ0v) is 20.7. The number of hydrogen-bond acceptors (Lipinski definition) is 7. The maximum Gasteiger partial charge on any atom is 0.349 e. The van der Waals surface area contributed by atoms with Gasteiger partial charge in [0, 0.05) is 19.5 Å². The van der Waals surface area contributed by atoms with Gasteiger partial charge in [-0.25, -0.2) is 9.78 Å². The number of nitrogens with one attached hydrogen (secondary N) is 2. The summed E-state index contributed by atoms with van der Waals surface area (Å²) in [4.78, 5) is 46.6. The molecule has 0 radical (unpaired) electrons. The van der Waals surface area contributed by atoms with Crippen molar-refractivity contribution in [1.82, 2.24) is 24.8 Å². The Morgan fingerprint density at radius 2 is 1.76 bits per heavy atom. The molecule has 9 heteroatoms. The first kappa shape index (κ1) is 26.2. The molecule has 0 unspecified atom stereocenters. The van der Waals surface area contributed by atoms with Gasteiger partial charge in [-0.2, -0.15) is 4.98 Å². The standard InChI is InChI=1S/C22H29N5O4.C2H6/c1-13-11-15-16(12-14(13)2)27(19-18(24-15)20(29)26-21(30)25-19)10-9-23-8-6-7-17(28)31-22(3,4)5;1-2/h11-12,23H,6-10H2,1-5H3,(H,26,29,30);1-2H3. The molecule has 9 nitrogen and oxygen atoms in total. The van der Waals surface area contributed by atoms with Crippen LogP contribution in [0.1, 0.15) is 58.6 Å². The number of carbonyl (C=O) groups is 1. The Bertz CT molecular complexity index is 1190. The second kappa shape index (κ2) is 11.2. The van der Waals surface area contributed by atoms with Crippen LogP contribution in [0.25, 0.3) is 22.6 Å². The van der Waals surface area contributed by atoms with Crippen molar-refractivity contribution in [2.45, 2.75) is 73.5 Å². The summed E-state index contributed by atoms with van der Waals surface area (Å²) in [5.41, 5.74) is 2.05. The molecule has 0 saturated carbocycles. The molecule has 33 heavy (non-hydrogen) atoms. The molecule has 0 aliphatic carbocycles. The van der Waals surface area contributed by atoms with Gasteiger partial charge in [0.15, 0.2) is 11.5 Å². The fraction of sp³-hybridized carbons (Fsp3) is 0.542. The van der Waals surface area contributed by atoms with Crippen LogP contribution in [0.4, 0.5) is 0 Å². The monoisotopic (exact) mass is 457 g/mol. The molecule has 180 valence electrons. The fourth-order valence-electron chi connectivity index (χ4n) is 3.34. The van der Waals surface area contributed by atoms with E-state index in [1.807, 2.05) is 65.2 Å². The van der Waals surface area contributed by atoms with Crippen LogP contribution in [0.5, 0.6) is 0 Å². The van der Waals surface area contributed by atoms with Crippen LogP contribution in [0, 0.1) is 13.8 Å². The minimum absolute atomic E-state index is 0.139. The molecule has 0 aromatic heterocycles. The summed E-state index contributed by atoms with van der Waals surface area (Å²) < 4.78 is 7.15. The summed E-state index contributed by atoms with van der Waals surface area (Å²) in [6.07, 6.45) is 0.992. The van der Waals surface area contributed by atoms with Gasteiger partial charge in [0.05, 0.1) is 11.0 Å². The van der Waals surface area contributed by atoms with E-state index >= 15 is 0 Å². The highest BCUT2D eigenvalue weighted by Gasteiger charge is 2.19. The number of fused-ring (bicyclic) bond motifs is 2. The van der Waals surface area contributed by atoms with Gasteiger partial charge in [-0.3, -0.25) is 14.6 Å². The maximum absolute atomic E-state index is 12.3. The van der Waals surface area contributed by atoms with E-state index in [0.29, 0.717) is 38.0 Å². The van der Waals surface area contributed by atoms with Gasteiger partial charge in [0.2, 0.25) is 0 Å². The summed E-state index contributed by atoms with van der Waals surface area (Å²) in [5.74, 6) is 0.0482. The number of rotatable bonds is 7. The summed E-state index contributed by atoms with van der Waals surface area (Å²) in [6.45, 7) is 15.2. The van der Waals surface area contributed by atoms with Crippen molar-refractivity contribution in [3.8, 4) is 11.5 Å². The highest BCUT2D eigenvalue weighted by Crippen LogP contribution is 2.23. The minimum atomic E-state index is -0.693. The van der Waals surface area contributed by atoms with Crippen LogP contribution in [-0.2, 0) is 16.1 Å². The number of aromatic amines is 1. The second-order valence-corrected chi connectivity index (χ2v) is 8.67. The van der Waals surface area contributed by atoms with Crippen LogP contribution in [0.2, 0.25) is 0 Å². The highest BCUT2D eigenvalue weighted by molar-refractivity contribution is 5.81. The first-order valence-electron chi connectivity index (χ1n) is 11.4. The Hall–Kier alpha value is -3.07. The Morgan fingerprint density at radius 1 is 1.09 bits per heavy atom. The topological polar surface area (TPSA) is 119 Å². The molecule has 0 bridgehead atoms. The van der Waals surface area contributed by atoms with Crippen molar-refractivity contribution in [3.63, 3.8) is 0 Å². The van der Waals surface area contributed by atoms with Crippen LogP contribution in [0.3, 0.4) is 0 Å². The van der Waals surface area contributed by atoms with Gasteiger partial charge in [0.25, 0.3) is 5.56 Å². The molecular weight excluding hydrogens is 422 g/mol. The summed E-state index contributed by atoms with van der Waals surface area (Å²) in [6, 6.07) is 3.92. The second-order valence-electron chi connectivity index (χ2n) is 8.67. The van der Waals surface area contributed by atoms with Crippen molar-refractivity contribution in [1.29, 1.82) is 0 Å². The number of carbonyl (C=O) groups excluding carboxylic acids is 1. The number of nitrogens with zero attached hydrogens (tertiary/aromatic N) is 3. The average Bonchev–Trinajstić information content (AvgIpc) is 2.72. The van der Waals surface area contributed by atoms with E-state index < -0.39 is 16.9 Å². The normalized spacial score (nSPS) is 11.4. The van der Waals surface area contributed by atoms with E-state index in [1.165, 1.54) is 0 Å². The number of benzene rings is 1. The third kappa shape index (κ3) is 6.95. The largest absolute Gasteiger partial charge is 0.460 e. The third-order valence-electron chi connectivity index (χ3n) is 4.89. The lowest BCUT2D eigenvalue weighted by molar-refractivity contribution is -0.154. The van der Waals surface area contributed by atoms with E-state index in [-0.39, 0.29) is 17.5 Å². The number of hydrogen-bond donors (Lipinski definition) is 2. The lowest BCUT2D eigenvalue weighted by Crippen LogP contribution is -2.30. The quantitative estimate of drug-likeness (QED) is 0.318. The molecule has 0 fully saturated rings. The van der Waals surface area contributed by atoms with Crippen LogP contribution < -0.4 is 16.6 Å². The van der Waals surface area contributed by atoms with Crippen molar-refractivity contribution < 1.29 is 9.53 Å². The smallest absolute Gasteiger partial charge is 0.349 e. The van der Waals surface area contributed by atoms with Crippen LogP contribution in [0.15, 0.2) is 21.7 Å². The maximum atomic E-state index is 12.3. The van der Waals surface area contributed by atoms with E-state index in [2.05, 4.69) is 20.3 Å². The van der Waals surface area contributed by atoms with Crippen LogP contribution >= 0.6 is 0 Å². The van der Waals surface area contributed by atoms with E-state index in [0.717, 1.165) is 16.6 Å². The average molecular weight is 458 g/mol. The van der Waals surface area contributed by atoms with Gasteiger partial charge in [-0.15, -0.1) is 0 Å². The van der Waals surface area contributed by atoms with Gasteiger partial charge in [-0.05, 0) is 70.8 Å². The zero-order valence-electron chi connectivity index (χ0n) is 20.7. The summed E-state index contributed by atoms with van der Waals surface area (Å²) >= 11 is 0. The summed E-state index contributed by atoms with van der Waals surface area (Å²) in [7, 11) is 0. The van der Waals surface area contributed by atoms with Crippen LogP contribution in [-0.4, -0.2) is 44.2 Å². The fourth-order valence-corrected chi connectivity index (χ4v) is 3.34. The first-order valence-corrected chi connectivity index (χ1v) is 11.4. The summed E-state index contributed by atoms with van der Waals surface area (Å²) in [5, 5.41) is 3.30. The minimum Gasteiger partial charge on any atom is -0.460 e. The van der Waals surface area contributed by atoms with E-state index in [4.69, 9.17) is 4.74 Å². The molecule has 0 spiro atoms. The first-order chi connectivity index (χ1) is 15.5. The molecule has 2 aliphatic heterocycles. The van der Waals surface area contributed by atoms with E-state index in [1.54, 1.807) is 0 Å². The molecule has 0 atom stereocenters. The number of H-pyrrole nitrogens is 1. The van der Waals surface area contributed by atoms with Gasteiger partial charge >= 0.3 is 11.7 Å². The number of esters is 1. The predicted octanol–water partition coefficient (Wildman–Crippen LogP) is 2.94. The Morgan fingerprint density at radius 3 is 2.42 bits per heavy atom. The van der Waals surface area contributed by atoms with Crippen molar-refractivity contribution in [3.05, 3.63) is 44.1 Å². The lowest BCUT2D eigenvalue weighted by atomic mass is 10.1. The number of ether oxygens (including phenoxy) is 1. The SMILES string of the molecule is CC.Cc1cc2nc3c(=O)[nH]c(=O)nc-3n(CCNCCCC(=O)OC(C)(C)C)c2cc1C. The van der Waals surface area contributed by atoms with Gasteiger partial charge in [0.1, 0.15) is 5.60 Å². The highest BCUT2D eigenvalue weighted by atomic mass is 16.6. The predicted molar refractivity (Wildman–Crippen MR) is 130 cm³/mol. The van der Waals surface area contributed by atoms with E-state index in [9.17, 15) is 14.4 Å². The molecule has 1 aromatic carbocycles. The molecule has 2 N–H and O–H groups in total. The molecule has 1 aromatic rings. The number of aromatic nitrogens is 4. The number of aryl methyl sites for hydroxylation is 2. The third-order valence-corrected chi connectivity index (χ3v) is 4.89. The van der Waals surface area contributed by atoms with Gasteiger partial charge < -0.3 is 14.6 Å². The Labute approximate surface area is 194 Å².